The molecule has 5 heteroatoms. The van der Waals surface area contributed by atoms with Gasteiger partial charge in [0.05, 0.1) is 17.7 Å². The lowest BCUT2D eigenvalue weighted by Gasteiger charge is -2.12. The number of hydrogen-bond acceptors (Lipinski definition) is 3. The van der Waals surface area contributed by atoms with Crippen molar-refractivity contribution in [3.63, 3.8) is 0 Å². The van der Waals surface area contributed by atoms with Crippen LogP contribution in [0.4, 0.5) is 5.69 Å². The maximum atomic E-state index is 12.2. The van der Waals surface area contributed by atoms with Crippen molar-refractivity contribution in [2.45, 2.75) is 6.54 Å². The molecule has 0 fully saturated rings. The monoisotopic (exact) mass is 241 g/mol. The van der Waals surface area contributed by atoms with Crippen LogP contribution in [0.5, 0.6) is 0 Å². The zero-order chi connectivity index (χ0) is 12.7. The predicted molar refractivity (Wildman–Crippen MR) is 65.9 cm³/mol. The summed E-state index contributed by atoms with van der Waals surface area (Å²) in [6.07, 6.45) is 1.75. The summed E-state index contributed by atoms with van der Waals surface area (Å²) < 4.78 is 0. The Labute approximate surface area is 103 Å². The summed E-state index contributed by atoms with van der Waals surface area (Å²) >= 11 is 0. The molecule has 0 aliphatic carbocycles. The first-order valence-corrected chi connectivity index (χ1v) is 5.55. The number of hydrogen-bond donors (Lipinski definition) is 2. The van der Waals surface area contributed by atoms with Gasteiger partial charge in [0.1, 0.15) is 0 Å². The number of carbonyl (C=O) groups excluding carboxylic acids is 2. The second kappa shape index (κ2) is 3.73. The fourth-order valence-electron chi connectivity index (χ4n) is 2.14. The number of nitrogens with two attached hydrogens (primary N) is 1. The van der Waals surface area contributed by atoms with Crippen LogP contribution >= 0.6 is 0 Å². The summed E-state index contributed by atoms with van der Waals surface area (Å²) in [6, 6.07) is 8.58. The molecular weight excluding hydrogens is 230 g/mol. The maximum Gasteiger partial charge on any atom is 0.264 e. The van der Waals surface area contributed by atoms with Crippen molar-refractivity contribution in [1.82, 2.24) is 9.88 Å². The zero-order valence-corrected chi connectivity index (χ0v) is 9.51. The minimum atomic E-state index is -0.331. The van der Waals surface area contributed by atoms with Gasteiger partial charge in [-0.05, 0) is 24.3 Å². The second-order valence-electron chi connectivity index (χ2n) is 4.16. The Morgan fingerprint density at radius 3 is 2.61 bits per heavy atom. The van der Waals surface area contributed by atoms with Gasteiger partial charge in [-0.25, -0.2) is 0 Å². The molecule has 1 aromatic carbocycles. The topological polar surface area (TPSA) is 79.2 Å². The van der Waals surface area contributed by atoms with Gasteiger partial charge in [-0.15, -0.1) is 0 Å². The molecule has 1 aromatic heterocycles. The van der Waals surface area contributed by atoms with Gasteiger partial charge in [-0.2, -0.15) is 0 Å². The normalized spacial score (nSPS) is 14.1. The summed E-state index contributed by atoms with van der Waals surface area (Å²) in [7, 11) is 0. The van der Waals surface area contributed by atoms with E-state index in [0.717, 1.165) is 5.69 Å². The van der Waals surface area contributed by atoms with Crippen LogP contribution in [0.1, 0.15) is 26.4 Å². The number of aromatic nitrogens is 1. The van der Waals surface area contributed by atoms with Crippen molar-refractivity contribution in [2.24, 2.45) is 0 Å². The number of benzene rings is 1. The van der Waals surface area contributed by atoms with Crippen LogP contribution in [0.2, 0.25) is 0 Å². The quantitative estimate of drug-likeness (QED) is 0.616. The van der Waals surface area contributed by atoms with Crippen molar-refractivity contribution >= 4 is 17.5 Å². The predicted octanol–water partition coefficient (Wildman–Crippen LogP) is 1.39. The van der Waals surface area contributed by atoms with E-state index in [1.807, 2.05) is 12.1 Å². The average Bonchev–Trinajstić information content (AvgIpc) is 2.94. The van der Waals surface area contributed by atoms with Crippen molar-refractivity contribution in [1.29, 1.82) is 0 Å². The highest BCUT2D eigenvalue weighted by atomic mass is 16.2. The van der Waals surface area contributed by atoms with Gasteiger partial charge in [0.15, 0.2) is 0 Å². The first kappa shape index (κ1) is 10.6. The molecule has 0 bridgehead atoms. The molecule has 1 aliphatic heterocycles. The van der Waals surface area contributed by atoms with Crippen molar-refractivity contribution in [3.8, 4) is 0 Å². The van der Waals surface area contributed by atoms with Gasteiger partial charge in [-0.3, -0.25) is 14.5 Å². The molecule has 1 aliphatic rings. The number of aromatic amines is 1. The van der Waals surface area contributed by atoms with Gasteiger partial charge in [0.2, 0.25) is 0 Å². The summed E-state index contributed by atoms with van der Waals surface area (Å²) in [5.74, 6) is -0.625. The second-order valence-corrected chi connectivity index (χ2v) is 4.16. The summed E-state index contributed by atoms with van der Waals surface area (Å²) in [5, 5.41) is 0. The third-order valence-corrected chi connectivity index (χ3v) is 3.02. The van der Waals surface area contributed by atoms with E-state index >= 15 is 0 Å². The van der Waals surface area contributed by atoms with Crippen LogP contribution in [-0.4, -0.2) is 21.7 Å². The number of imide groups is 1. The number of H-pyrrole nitrogens is 1. The third kappa shape index (κ3) is 1.41. The van der Waals surface area contributed by atoms with Gasteiger partial charge in [-0.1, -0.05) is 6.07 Å². The minimum absolute atomic E-state index is 0.235. The number of rotatable bonds is 2. The van der Waals surface area contributed by atoms with Gasteiger partial charge in [0, 0.05) is 17.6 Å². The van der Waals surface area contributed by atoms with E-state index in [1.165, 1.54) is 4.90 Å². The van der Waals surface area contributed by atoms with E-state index in [0.29, 0.717) is 16.8 Å². The number of nitrogen functional groups attached to an aromatic ring is 1. The molecule has 0 atom stereocenters. The molecule has 5 nitrogen and oxygen atoms in total. The van der Waals surface area contributed by atoms with Crippen LogP contribution < -0.4 is 5.73 Å². The molecule has 3 rings (SSSR count). The molecular formula is C13H11N3O2. The third-order valence-electron chi connectivity index (χ3n) is 3.02. The highest BCUT2D eigenvalue weighted by molar-refractivity contribution is 6.23. The smallest absolute Gasteiger partial charge is 0.264 e. The Kier molecular flexibility index (Phi) is 2.19. The Balaban J connectivity index is 2.00. The highest BCUT2D eigenvalue weighted by Gasteiger charge is 2.36. The summed E-state index contributed by atoms with van der Waals surface area (Å²) in [6.45, 7) is 0.235. The van der Waals surface area contributed by atoms with E-state index < -0.39 is 0 Å². The minimum Gasteiger partial charge on any atom is -0.398 e. The Morgan fingerprint density at radius 2 is 1.94 bits per heavy atom. The molecule has 0 saturated carbocycles. The van der Waals surface area contributed by atoms with Crippen LogP contribution in [0.3, 0.4) is 0 Å². The molecule has 18 heavy (non-hydrogen) atoms. The van der Waals surface area contributed by atoms with Crippen molar-refractivity contribution < 1.29 is 9.59 Å². The Morgan fingerprint density at radius 1 is 1.11 bits per heavy atom. The van der Waals surface area contributed by atoms with Crippen LogP contribution in [-0.2, 0) is 6.54 Å². The molecule has 90 valence electrons. The average molecular weight is 241 g/mol. The maximum absolute atomic E-state index is 12.2. The van der Waals surface area contributed by atoms with E-state index in [1.54, 1.807) is 24.4 Å². The lowest BCUT2D eigenvalue weighted by molar-refractivity contribution is 0.0641. The number of nitrogens with one attached hydrogen (secondary N) is 1. The number of fused-ring (bicyclic) bond motifs is 1. The number of anilines is 1. The zero-order valence-electron chi connectivity index (χ0n) is 9.51. The number of carbonyl (C=O) groups is 2. The van der Waals surface area contributed by atoms with Crippen molar-refractivity contribution in [2.75, 3.05) is 5.73 Å². The molecule has 0 unspecified atom stereocenters. The van der Waals surface area contributed by atoms with Gasteiger partial charge >= 0.3 is 0 Å². The highest BCUT2D eigenvalue weighted by Crippen LogP contribution is 2.28. The summed E-state index contributed by atoms with van der Waals surface area (Å²) in [5.41, 5.74) is 7.60. The fraction of sp³-hybridized carbons (Fsp3) is 0.0769. The number of amides is 2. The largest absolute Gasteiger partial charge is 0.398 e. The first-order chi connectivity index (χ1) is 8.68. The molecule has 2 amide bonds. The van der Waals surface area contributed by atoms with Gasteiger partial charge < -0.3 is 10.7 Å². The molecule has 0 spiro atoms. The van der Waals surface area contributed by atoms with Crippen LogP contribution in [0, 0.1) is 0 Å². The molecule has 0 saturated heterocycles. The van der Waals surface area contributed by atoms with E-state index in [2.05, 4.69) is 4.98 Å². The van der Waals surface area contributed by atoms with Crippen LogP contribution in [0.25, 0.3) is 0 Å². The lowest BCUT2D eigenvalue weighted by atomic mass is 10.1. The standard InChI is InChI=1S/C13H11N3O2/c14-10-5-1-4-9-11(10)13(18)16(12(9)17)7-8-3-2-6-15-8/h1-6,15H,7,14H2. The van der Waals surface area contributed by atoms with E-state index in [9.17, 15) is 9.59 Å². The van der Waals surface area contributed by atoms with Gasteiger partial charge in [0.25, 0.3) is 11.8 Å². The molecule has 0 radical (unpaired) electrons. The Bertz CT molecular complexity index is 632. The summed E-state index contributed by atoms with van der Waals surface area (Å²) in [4.78, 5) is 28.5. The van der Waals surface area contributed by atoms with Crippen molar-refractivity contribution in [3.05, 3.63) is 53.3 Å². The van der Waals surface area contributed by atoms with E-state index in [-0.39, 0.29) is 18.4 Å². The molecule has 2 heterocycles. The fourth-order valence-corrected chi connectivity index (χ4v) is 2.14. The SMILES string of the molecule is Nc1cccc2c1C(=O)N(Cc1ccc[nH]1)C2=O. The molecule has 3 N–H and O–H groups in total. The lowest BCUT2D eigenvalue weighted by Crippen LogP contribution is -2.29. The first-order valence-electron chi connectivity index (χ1n) is 5.55. The molecule has 2 aromatic rings. The van der Waals surface area contributed by atoms with Crippen LogP contribution in [0.15, 0.2) is 36.5 Å². The number of nitrogens with zero attached hydrogens (tertiary/aromatic N) is 1. The van der Waals surface area contributed by atoms with E-state index in [4.69, 9.17) is 5.73 Å². The Hall–Kier alpha value is -2.56.